The molecule has 1 amide bonds. The zero-order valence-electron chi connectivity index (χ0n) is 16.5. The fourth-order valence-corrected chi connectivity index (χ4v) is 2.85. The minimum Gasteiger partial charge on any atom is -0.462 e. The van der Waals surface area contributed by atoms with E-state index >= 15 is 0 Å². The quantitative estimate of drug-likeness (QED) is 0.611. The second-order valence-electron chi connectivity index (χ2n) is 6.40. The van der Waals surface area contributed by atoms with Crippen LogP contribution in [0, 0.1) is 13.8 Å². The first-order valence-electron chi connectivity index (χ1n) is 9.22. The molecule has 3 aromatic rings. The van der Waals surface area contributed by atoms with Crippen LogP contribution in [0.25, 0.3) is 0 Å². The van der Waals surface area contributed by atoms with Crippen molar-refractivity contribution in [1.29, 1.82) is 0 Å². The van der Waals surface area contributed by atoms with Gasteiger partial charge >= 0.3 is 5.97 Å². The van der Waals surface area contributed by atoms with Crippen molar-refractivity contribution < 1.29 is 14.3 Å². The summed E-state index contributed by atoms with van der Waals surface area (Å²) in [4.78, 5) is 33.1. The Morgan fingerprint density at radius 3 is 2.45 bits per heavy atom. The largest absolute Gasteiger partial charge is 0.462 e. The number of rotatable bonds is 6. The summed E-state index contributed by atoms with van der Waals surface area (Å²) in [5, 5.41) is 5.96. The lowest BCUT2D eigenvalue weighted by atomic mass is 10.1. The summed E-state index contributed by atoms with van der Waals surface area (Å²) in [7, 11) is 0. The Morgan fingerprint density at radius 1 is 1.00 bits per heavy atom. The van der Waals surface area contributed by atoms with Crippen LogP contribution in [0.1, 0.15) is 38.9 Å². The van der Waals surface area contributed by atoms with Gasteiger partial charge in [-0.3, -0.25) is 4.79 Å². The number of nitrogens with one attached hydrogen (secondary N) is 2. The van der Waals surface area contributed by atoms with E-state index in [4.69, 9.17) is 4.74 Å². The van der Waals surface area contributed by atoms with E-state index in [9.17, 15) is 9.59 Å². The molecule has 1 heterocycles. The molecular formula is C22H22N4O3. The number of carbonyl (C=O) groups excluding carboxylic acids is 2. The van der Waals surface area contributed by atoms with Crippen molar-refractivity contribution in [2.24, 2.45) is 0 Å². The van der Waals surface area contributed by atoms with E-state index in [0.29, 0.717) is 11.5 Å². The van der Waals surface area contributed by atoms with E-state index in [-0.39, 0.29) is 17.9 Å². The maximum absolute atomic E-state index is 12.7. The van der Waals surface area contributed by atoms with Crippen molar-refractivity contribution in [1.82, 2.24) is 9.97 Å². The summed E-state index contributed by atoms with van der Waals surface area (Å²) in [5.41, 5.74) is 3.89. The van der Waals surface area contributed by atoms with Crippen LogP contribution in [0.4, 0.5) is 17.2 Å². The van der Waals surface area contributed by atoms with Gasteiger partial charge in [-0.05, 0) is 44.0 Å². The van der Waals surface area contributed by atoms with E-state index in [2.05, 4.69) is 20.6 Å². The number of amides is 1. The minimum absolute atomic E-state index is 0.174. The normalized spacial score (nSPS) is 10.3. The third-order valence-electron chi connectivity index (χ3n) is 4.30. The fourth-order valence-electron chi connectivity index (χ4n) is 2.85. The maximum atomic E-state index is 12.7. The third kappa shape index (κ3) is 4.76. The number of hydrogen-bond acceptors (Lipinski definition) is 6. The SMILES string of the molecule is CCOC(=O)c1ccccc1NC(=O)c1cc(Nc2c(C)cccc2C)ncn1. The molecule has 2 aromatic carbocycles. The van der Waals surface area contributed by atoms with Gasteiger partial charge in [-0.1, -0.05) is 30.3 Å². The summed E-state index contributed by atoms with van der Waals surface area (Å²) in [5.74, 6) is -0.446. The lowest BCUT2D eigenvalue weighted by Gasteiger charge is -2.13. The first-order chi connectivity index (χ1) is 14.0. The lowest BCUT2D eigenvalue weighted by molar-refractivity contribution is 0.0527. The second kappa shape index (κ2) is 8.97. The summed E-state index contributed by atoms with van der Waals surface area (Å²) < 4.78 is 5.04. The molecule has 0 spiro atoms. The van der Waals surface area contributed by atoms with Gasteiger partial charge in [0.05, 0.1) is 17.9 Å². The van der Waals surface area contributed by atoms with Crippen molar-refractivity contribution in [3.8, 4) is 0 Å². The van der Waals surface area contributed by atoms with Gasteiger partial charge in [-0.2, -0.15) is 0 Å². The molecule has 7 heteroatoms. The van der Waals surface area contributed by atoms with Crippen LogP contribution in [0.5, 0.6) is 0 Å². The van der Waals surface area contributed by atoms with Gasteiger partial charge in [-0.25, -0.2) is 14.8 Å². The molecule has 0 saturated heterocycles. The Hall–Kier alpha value is -3.74. The molecule has 0 atom stereocenters. The van der Waals surface area contributed by atoms with Crippen molar-refractivity contribution in [3.05, 3.63) is 77.2 Å². The standard InChI is InChI=1S/C22H22N4O3/c1-4-29-22(28)16-10-5-6-11-17(16)25-21(27)18-12-19(24-13-23-18)26-20-14(2)8-7-9-15(20)3/h5-13H,4H2,1-3H3,(H,25,27)(H,23,24,26). The van der Waals surface area contributed by atoms with Gasteiger partial charge in [-0.15, -0.1) is 0 Å². The number of anilines is 3. The highest BCUT2D eigenvalue weighted by Crippen LogP contribution is 2.23. The molecule has 7 nitrogen and oxygen atoms in total. The molecule has 29 heavy (non-hydrogen) atoms. The van der Waals surface area contributed by atoms with E-state index in [0.717, 1.165) is 16.8 Å². The third-order valence-corrected chi connectivity index (χ3v) is 4.30. The van der Waals surface area contributed by atoms with Crippen LogP contribution in [-0.4, -0.2) is 28.5 Å². The molecule has 148 valence electrons. The zero-order chi connectivity index (χ0) is 20.8. The first kappa shape index (κ1) is 20.0. The average molecular weight is 390 g/mol. The van der Waals surface area contributed by atoms with Gasteiger partial charge in [0.25, 0.3) is 5.91 Å². The summed E-state index contributed by atoms with van der Waals surface area (Å²) in [6.07, 6.45) is 1.32. The van der Waals surface area contributed by atoms with Gasteiger partial charge < -0.3 is 15.4 Å². The predicted molar refractivity (Wildman–Crippen MR) is 112 cm³/mol. The zero-order valence-corrected chi connectivity index (χ0v) is 16.5. The molecule has 0 aliphatic heterocycles. The number of carbonyl (C=O) groups is 2. The van der Waals surface area contributed by atoms with Crippen LogP contribution in [0.2, 0.25) is 0 Å². The van der Waals surface area contributed by atoms with Crippen LogP contribution in [0.3, 0.4) is 0 Å². The highest BCUT2D eigenvalue weighted by Gasteiger charge is 2.16. The molecule has 0 bridgehead atoms. The molecule has 3 rings (SSSR count). The van der Waals surface area contributed by atoms with Gasteiger partial charge in [0.2, 0.25) is 0 Å². The van der Waals surface area contributed by atoms with Crippen LogP contribution < -0.4 is 10.6 Å². The highest BCUT2D eigenvalue weighted by atomic mass is 16.5. The molecule has 0 saturated carbocycles. The number of nitrogens with zero attached hydrogens (tertiary/aromatic N) is 2. The first-order valence-corrected chi connectivity index (χ1v) is 9.22. The maximum Gasteiger partial charge on any atom is 0.340 e. The number of aryl methyl sites for hydroxylation is 2. The smallest absolute Gasteiger partial charge is 0.340 e. The van der Waals surface area contributed by atoms with E-state index in [1.54, 1.807) is 37.3 Å². The summed E-state index contributed by atoms with van der Waals surface area (Å²) in [6.45, 7) is 5.97. The second-order valence-corrected chi connectivity index (χ2v) is 6.40. The van der Waals surface area contributed by atoms with Gasteiger partial charge in [0.1, 0.15) is 17.8 Å². The van der Waals surface area contributed by atoms with Crippen LogP contribution >= 0.6 is 0 Å². The van der Waals surface area contributed by atoms with E-state index in [1.165, 1.54) is 6.33 Å². The fraction of sp³-hybridized carbons (Fsp3) is 0.182. The number of benzene rings is 2. The lowest BCUT2D eigenvalue weighted by Crippen LogP contribution is -2.17. The van der Waals surface area contributed by atoms with Crippen molar-refractivity contribution >= 4 is 29.1 Å². The van der Waals surface area contributed by atoms with Crippen molar-refractivity contribution in [3.63, 3.8) is 0 Å². The molecule has 0 aliphatic carbocycles. The molecule has 0 fully saturated rings. The topological polar surface area (TPSA) is 93.2 Å². The Kier molecular flexibility index (Phi) is 6.19. The molecule has 2 N–H and O–H groups in total. The Labute approximate surface area is 169 Å². The van der Waals surface area contributed by atoms with Crippen LogP contribution in [-0.2, 0) is 4.74 Å². The number of esters is 1. The minimum atomic E-state index is -0.497. The number of ether oxygens (including phenoxy) is 1. The Morgan fingerprint density at radius 2 is 1.72 bits per heavy atom. The van der Waals surface area contributed by atoms with Crippen molar-refractivity contribution in [2.75, 3.05) is 17.2 Å². The number of para-hydroxylation sites is 2. The Bertz CT molecular complexity index is 1030. The summed E-state index contributed by atoms with van der Waals surface area (Å²) >= 11 is 0. The average Bonchev–Trinajstić information content (AvgIpc) is 2.71. The highest BCUT2D eigenvalue weighted by molar-refractivity contribution is 6.07. The molecule has 1 aromatic heterocycles. The van der Waals surface area contributed by atoms with E-state index in [1.807, 2.05) is 32.0 Å². The number of hydrogen-bond donors (Lipinski definition) is 2. The van der Waals surface area contributed by atoms with Crippen molar-refractivity contribution in [2.45, 2.75) is 20.8 Å². The van der Waals surface area contributed by atoms with Gasteiger partial charge in [0.15, 0.2) is 0 Å². The van der Waals surface area contributed by atoms with Gasteiger partial charge in [0, 0.05) is 11.8 Å². The number of aromatic nitrogens is 2. The molecule has 0 aliphatic rings. The molecular weight excluding hydrogens is 368 g/mol. The summed E-state index contributed by atoms with van der Waals surface area (Å²) in [6, 6.07) is 14.2. The monoisotopic (exact) mass is 390 g/mol. The molecule has 0 radical (unpaired) electrons. The van der Waals surface area contributed by atoms with E-state index < -0.39 is 11.9 Å². The predicted octanol–water partition coefficient (Wildman–Crippen LogP) is 4.27. The van der Waals surface area contributed by atoms with Crippen LogP contribution in [0.15, 0.2) is 54.9 Å². The Balaban J connectivity index is 1.81. The molecule has 0 unspecified atom stereocenters.